The van der Waals surface area contributed by atoms with E-state index in [9.17, 15) is 9.59 Å². The van der Waals surface area contributed by atoms with Gasteiger partial charge in [-0.3, -0.25) is 24.6 Å². The minimum Gasteiger partial charge on any atom is -0.493 e. The molecule has 0 saturated heterocycles. The molecule has 288 valence electrons. The van der Waals surface area contributed by atoms with E-state index in [2.05, 4.69) is 37.4 Å². The van der Waals surface area contributed by atoms with Crippen LogP contribution in [0.5, 0.6) is 23.0 Å². The summed E-state index contributed by atoms with van der Waals surface area (Å²) in [5.41, 5.74) is 8.55. The molecule has 0 N–H and O–H groups in total. The Kier molecular flexibility index (Phi) is 10.3. The molecule has 8 rings (SSSR count). The Balaban J connectivity index is 0.992. The Morgan fingerprint density at radius 3 is 2.00 bits per heavy atom. The predicted molar refractivity (Wildman–Crippen MR) is 221 cm³/mol. The van der Waals surface area contributed by atoms with Crippen LogP contribution in [0.2, 0.25) is 0 Å². The number of allylic oxidation sites excluding steroid dienone is 2. The molecule has 0 radical (unpaired) electrons. The molecule has 4 aliphatic rings. The van der Waals surface area contributed by atoms with Crippen molar-refractivity contribution in [3.8, 4) is 23.0 Å². The average molecular weight is 762 g/mol. The number of carbonyl (C=O) groups excluding carboxylic acids is 2. The third kappa shape index (κ3) is 7.24. The number of hydrogen-bond acceptors (Lipinski definition) is 9. The van der Waals surface area contributed by atoms with Crippen molar-refractivity contribution in [2.75, 3.05) is 27.4 Å². The second-order valence-electron chi connectivity index (χ2n) is 14.2. The molecule has 0 bridgehead atoms. The van der Waals surface area contributed by atoms with Crippen LogP contribution >= 0.6 is 0 Å². The van der Waals surface area contributed by atoms with Gasteiger partial charge >= 0.3 is 0 Å². The fourth-order valence-electron chi connectivity index (χ4n) is 7.82. The molecule has 4 aromatic carbocycles. The number of amides is 2. The summed E-state index contributed by atoms with van der Waals surface area (Å²) in [6.45, 7) is 10.9. The predicted octanol–water partition coefficient (Wildman–Crippen LogP) is 7.81. The van der Waals surface area contributed by atoms with Crippen molar-refractivity contribution >= 4 is 40.8 Å². The first-order valence-electron chi connectivity index (χ1n) is 18.8. The van der Waals surface area contributed by atoms with E-state index in [4.69, 9.17) is 33.9 Å². The van der Waals surface area contributed by atoms with Crippen LogP contribution in [0.4, 0.5) is 11.4 Å². The van der Waals surface area contributed by atoms with Crippen LogP contribution < -0.4 is 18.9 Å². The summed E-state index contributed by atoms with van der Waals surface area (Å²) in [7, 11) is 3.07. The van der Waals surface area contributed by atoms with E-state index in [0.717, 1.165) is 16.8 Å². The molecule has 0 saturated carbocycles. The van der Waals surface area contributed by atoms with Crippen molar-refractivity contribution in [2.24, 2.45) is 15.0 Å². The monoisotopic (exact) mass is 761 g/mol. The van der Waals surface area contributed by atoms with Crippen molar-refractivity contribution in [2.45, 2.75) is 44.9 Å². The number of methoxy groups -OCH3 is 2. The maximum atomic E-state index is 14.0. The lowest BCUT2D eigenvalue weighted by Crippen LogP contribution is -2.47. The third-order valence-electron chi connectivity index (χ3n) is 10.8. The maximum absolute atomic E-state index is 14.0. The van der Waals surface area contributed by atoms with Crippen LogP contribution in [0.15, 0.2) is 125 Å². The minimum absolute atomic E-state index is 0.0361. The Labute approximate surface area is 332 Å². The molecule has 0 spiro atoms. The van der Waals surface area contributed by atoms with Crippen LogP contribution in [-0.4, -0.2) is 78.8 Å². The number of aliphatic imine (C=N–C) groups is 3. The van der Waals surface area contributed by atoms with Crippen molar-refractivity contribution in [1.29, 1.82) is 0 Å². The molecular weight excluding hydrogens is 719 g/mol. The molecule has 0 aliphatic carbocycles. The van der Waals surface area contributed by atoms with Gasteiger partial charge in [0.15, 0.2) is 23.0 Å². The number of ether oxygens (including phenoxy) is 4. The molecule has 4 aliphatic heterocycles. The smallest absolute Gasteiger partial charge is 0.257 e. The zero-order chi connectivity index (χ0) is 39.6. The van der Waals surface area contributed by atoms with Gasteiger partial charge in [0, 0.05) is 37.1 Å². The number of nitrogens with zero attached hydrogens (tertiary/aromatic N) is 5. The molecule has 11 heteroatoms. The quantitative estimate of drug-likeness (QED) is 0.114. The number of carbonyl (C=O) groups is 2. The van der Waals surface area contributed by atoms with Gasteiger partial charge in [0.2, 0.25) is 0 Å². The van der Waals surface area contributed by atoms with Gasteiger partial charge in [-0.25, -0.2) is 0 Å². The summed E-state index contributed by atoms with van der Waals surface area (Å²) in [5.74, 6) is 1.40. The number of fused-ring (bicyclic) bond motifs is 6. The van der Waals surface area contributed by atoms with E-state index in [1.54, 1.807) is 42.5 Å². The second kappa shape index (κ2) is 15.8. The van der Waals surface area contributed by atoms with Gasteiger partial charge in [-0.15, -0.1) is 0 Å². The largest absolute Gasteiger partial charge is 0.493 e. The summed E-state index contributed by atoms with van der Waals surface area (Å²) in [4.78, 5) is 46.0. The van der Waals surface area contributed by atoms with Crippen LogP contribution in [0.1, 0.15) is 49.9 Å². The molecule has 0 unspecified atom stereocenters. The van der Waals surface area contributed by atoms with E-state index in [0.29, 0.717) is 82.8 Å². The van der Waals surface area contributed by atoms with Gasteiger partial charge in [0.05, 0.1) is 60.2 Å². The topological polar surface area (TPSA) is 115 Å². The van der Waals surface area contributed by atoms with Gasteiger partial charge < -0.3 is 28.7 Å². The molecule has 2 atom stereocenters. The highest BCUT2D eigenvalue weighted by molar-refractivity contribution is 6.07. The Hall–Kier alpha value is -6.75. The summed E-state index contributed by atoms with van der Waals surface area (Å²) >= 11 is 0. The average Bonchev–Trinajstić information content (AvgIpc) is 3.42. The first kappa shape index (κ1) is 37.2. The van der Waals surface area contributed by atoms with Gasteiger partial charge in [0.25, 0.3) is 11.8 Å². The fraction of sp³-hybridized carbons (Fsp3) is 0.239. The Bertz CT molecular complexity index is 2430. The van der Waals surface area contributed by atoms with Crippen molar-refractivity contribution < 1.29 is 28.5 Å². The molecule has 0 fully saturated rings. The highest BCUT2D eigenvalue weighted by atomic mass is 16.5. The lowest BCUT2D eigenvalue weighted by molar-refractivity contribution is 0.0694. The molecule has 57 heavy (non-hydrogen) atoms. The van der Waals surface area contributed by atoms with E-state index in [1.807, 2.05) is 47.2 Å². The number of hydrogen-bond donors (Lipinski definition) is 0. The molecular formula is C46H43N5O6. The van der Waals surface area contributed by atoms with E-state index >= 15 is 0 Å². The van der Waals surface area contributed by atoms with Crippen molar-refractivity contribution in [1.82, 2.24) is 9.80 Å². The van der Waals surface area contributed by atoms with Gasteiger partial charge in [0.1, 0.15) is 13.2 Å². The summed E-state index contributed by atoms with van der Waals surface area (Å²) in [6.07, 6.45) is 8.20. The summed E-state index contributed by atoms with van der Waals surface area (Å²) in [5, 5.41) is 0. The normalized spacial score (nSPS) is 18.3. The van der Waals surface area contributed by atoms with Crippen LogP contribution in [0.25, 0.3) is 0 Å². The SMILES string of the molecule is C=C/C=C(/COc1cc2c(cc1OC)C(=O)N1Cc3ccccc3C[C@H]1C=N2)N=C(C=C)COc1cc2c(cc1OC)C(=O)N1Cc3ccccc3C[C@H]1C(C)=N2. The number of rotatable bonds is 11. The summed E-state index contributed by atoms with van der Waals surface area (Å²) < 4.78 is 23.9. The molecule has 4 heterocycles. The zero-order valence-corrected chi connectivity index (χ0v) is 32.2. The van der Waals surface area contributed by atoms with E-state index in [-0.39, 0.29) is 37.1 Å². The van der Waals surface area contributed by atoms with E-state index in [1.165, 1.54) is 25.3 Å². The van der Waals surface area contributed by atoms with Gasteiger partial charge in [-0.1, -0.05) is 67.8 Å². The molecule has 4 aromatic rings. The van der Waals surface area contributed by atoms with Crippen molar-refractivity contribution in [3.05, 3.63) is 143 Å². The van der Waals surface area contributed by atoms with Crippen LogP contribution in [-0.2, 0) is 25.9 Å². The standard InChI is InChI=1S/C46H43N5O6/c1-6-12-34(27-57-43-21-38-36(19-41(43)54-4)45(52)50-24-31-15-10-8-13-29(31)17-35(50)23-47-38)49-33(7-2)26-56-44-22-39-37(20-42(44)55-5)46(53)51-25-32-16-11-9-14-30(32)18-40(51)28(3)48-39/h6-16,19-23,35,40H,1-2,17-18,24-27H2,3-5H3/b34-12-,49-33?/t35-,40-/m0/s1. The molecule has 2 amide bonds. The van der Waals surface area contributed by atoms with Crippen LogP contribution in [0.3, 0.4) is 0 Å². The second-order valence-corrected chi connectivity index (χ2v) is 14.2. The van der Waals surface area contributed by atoms with Gasteiger partial charge in [-0.05, 0) is 66.3 Å². The van der Waals surface area contributed by atoms with Crippen molar-refractivity contribution in [3.63, 3.8) is 0 Å². The fourth-order valence-corrected chi connectivity index (χ4v) is 7.82. The highest BCUT2D eigenvalue weighted by Gasteiger charge is 2.36. The first-order valence-corrected chi connectivity index (χ1v) is 18.8. The third-order valence-corrected chi connectivity index (χ3v) is 10.8. The van der Waals surface area contributed by atoms with Gasteiger partial charge in [-0.2, -0.15) is 0 Å². The zero-order valence-electron chi connectivity index (χ0n) is 32.2. The highest BCUT2D eigenvalue weighted by Crippen LogP contribution is 2.41. The van der Waals surface area contributed by atoms with Crippen LogP contribution in [0, 0.1) is 0 Å². The number of benzene rings is 4. The molecule has 11 nitrogen and oxygen atoms in total. The minimum atomic E-state index is -0.156. The summed E-state index contributed by atoms with van der Waals surface area (Å²) in [6, 6.07) is 23.0. The Morgan fingerprint density at radius 2 is 1.35 bits per heavy atom. The lowest BCUT2D eigenvalue weighted by atomic mass is 9.91. The molecule has 0 aromatic heterocycles. The maximum Gasteiger partial charge on any atom is 0.257 e. The first-order chi connectivity index (χ1) is 27.8. The Morgan fingerprint density at radius 1 is 0.772 bits per heavy atom. The van der Waals surface area contributed by atoms with E-state index < -0.39 is 0 Å². The lowest BCUT2D eigenvalue weighted by Gasteiger charge is -2.36.